The smallest absolute Gasteiger partial charge is 0.107 e. The van der Waals surface area contributed by atoms with Gasteiger partial charge >= 0.3 is 0 Å². The van der Waals surface area contributed by atoms with Crippen LogP contribution in [0, 0.1) is 5.41 Å². The summed E-state index contributed by atoms with van der Waals surface area (Å²) in [6.07, 6.45) is 3.47. The second-order valence-corrected chi connectivity index (χ2v) is 5.25. The van der Waals surface area contributed by atoms with E-state index in [0.29, 0.717) is 0 Å². The Balaban J connectivity index is 1.85. The van der Waals surface area contributed by atoms with Crippen LogP contribution in [0.15, 0.2) is 30.3 Å². The molecule has 3 heteroatoms. The third kappa shape index (κ3) is 1.83. The molecule has 1 saturated carbocycles. The maximum Gasteiger partial charge on any atom is 0.107 e. The summed E-state index contributed by atoms with van der Waals surface area (Å²) < 4.78 is 5.38. The van der Waals surface area contributed by atoms with Gasteiger partial charge < -0.3 is 9.64 Å². The van der Waals surface area contributed by atoms with Crippen LogP contribution in [0.3, 0.4) is 0 Å². The van der Waals surface area contributed by atoms with Crippen LogP contribution in [0.25, 0.3) is 0 Å². The average Bonchev–Trinajstić information content (AvgIpc) is 2.40. The Bertz CT molecular complexity index is 419. The number of ether oxygens (including phenoxy) is 1. The molecule has 0 amide bonds. The summed E-state index contributed by atoms with van der Waals surface area (Å²) in [6, 6.07) is 10.6. The highest BCUT2D eigenvalue weighted by molar-refractivity contribution is 5.91. The number of hydrogen-bond donors (Lipinski definition) is 1. The highest BCUT2D eigenvalue weighted by Gasteiger charge is 2.44. The van der Waals surface area contributed by atoms with Crippen molar-refractivity contribution >= 4 is 5.84 Å². The summed E-state index contributed by atoms with van der Waals surface area (Å²) in [5, 5.41) is 8.60. The fourth-order valence-electron chi connectivity index (χ4n) is 3.04. The van der Waals surface area contributed by atoms with Gasteiger partial charge in [0, 0.05) is 13.1 Å². The zero-order valence-corrected chi connectivity index (χ0v) is 10.7. The lowest BCUT2D eigenvalue weighted by Crippen LogP contribution is -2.53. The fourth-order valence-corrected chi connectivity index (χ4v) is 3.04. The molecule has 18 heavy (non-hydrogen) atoms. The van der Waals surface area contributed by atoms with E-state index in [1.807, 2.05) is 6.07 Å². The van der Waals surface area contributed by atoms with E-state index in [1.165, 1.54) is 12.0 Å². The summed E-state index contributed by atoms with van der Waals surface area (Å²) in [7, 11) is 0. The van der Waals surface area contributed by atoms with Gasteiger partial charge in [-0.2, -0.15) is 0 Å². The van der Waals surface area contributed by atoms with Gasteiger partial charge in [0.2, 0.25) is 0 Å². The SMILES string of the molecule is N=C(N1CCOCC1)C1(c2ccccc2)CCC1. The van der Waals surface area contributed by atoms with Crippen molar-refractivity contribution in [1.29, 1.82) is 5.41 Å². The standard InChI is InChI=1S/C15H20N2O/c16-14(17-9-11-18-12-10-17)15(7-4-8-15)13-5-2-1-3-6-13/h1-3,5-6,16H,4,7-12H2. The van der Waals surface area contributed by atoms with Crippen LogP contribution < -0.4 is 0 Å². The van der Waals surface area contributed by atoms with Crippen LogP contribution in [-0.2, 0) is 10.2 Å². The minimum atomic E-state index is -0.0153. The molecule has 0 aromatic heterocycles. The molecule has 2 aliphatic rings. The number of morpholine rings is 1. The van der Waals surface area contributed by atoms with Crippen LogP contribution in [0.4, 0.5) is 0 Å². The molecule has 1 N–H and O–H groups in total. The molecule has 1 aliphatic heterocycles. The minimum absolute atomic E-state index is 0.0153. The Morgan fingerprint density at radius 3 is 2.33 bits per heavy atom. The van der Waals surface area contributed by atoms with Crippen molar-refractivity contribution in [3.63, 3.8) is 0 Å². The zero-order chi connectivity index (χ0) is 12.4. The molecule has 1 aliphatic carbocycles. The predicted molar refractivity (Wildman–Crippen MR) is 72.1 cm³/mol. The fraction of sp³-hybridized carbons (Fsp3) is 0.533. The number of hydrogen-bond acceptors (Lipinski definition) is 2. The van der Waals surface area contributed by atoms with Crippen LogP contribution in [0.2, 0.25) is 0 Å². The Labute approximate surface area is 108 Å². The molecule has 3 nitrogen and oxygen atoms in total. The van der Waals surface area contributed by atoms with Gasteiger partial charge in [-0.25, -0.2) is 0 Å². The largest absolute Gasteiger partial charge is 0.378 e. The average molecular weight is 244 g/mol. The van der Waals surface area contributed by atoms with Gasteiger partial charge in [-0.1, -0.05) is 36.8 Å². The molecular formula is C15H20N2O. The molecule has 0 atom stereocenters. The molecule has 1 aromatic rings. The highest BCUT2D eigenvalue weighted by atomic mass is 16.5. The Kier molecular flexibility index (Phi) is 3.08. The van der Waals surface area contributed by atoms with E-state index in [9.17, 15) is 0 Å². The van der Waals surface area contributed by atoms with E-state index < -0.39 is 0 Å². The first-order valence-corrected chi connectivity index (χ1v) is 6.80. The highest BCUT2D eigenvalue weighted by Crippen LogP contribution is 2.45. The summed E-state index contributed by atoms with van der Waals surface area (Å²) >= 11 is 0. The van der Waals surface area contributed by atoms with E-state index in [1.54, 1.807) is 0 Å². The predicted octanol–water partition coefficient (Wildman–Crippen LogP) is 2.42. The second kappa shape index (κ2) is 4.73. The van der Waals surface area contributed by atoms with Crippen LogP contribution in [0.5, 0.6) is 0 Å². The molecule has 96 valence electrons. The van der Waals surface area contributed by atoms with Gasteiger partial charge in [-0.15, -0.1) is 0 Å². The lowest BCUT2D eigenvalue weighted by molar-refractivity contribution is 0.0626. The van der Waals surface area contributed by atoms with Crippen LogP contribution in [-0.4, -0.2) is 37.0 Å². The molecule has 0 bridgehead atoms. The number of nitrogens with zero attached hydrogens (tertiary/aromatic N) is 1. The van der Waals surface area contributed by atoms with Crippen molar-refractivity contribution in [3.05, 3.63) is 35.9 Å². The number of rotatable bonds is 2. The second-order valence-electron chi connectivity index (χ2n) is 5.25. The van der Waals surface area contributed by atoms with Crippen molar-refractivity contribution in [2.45, 2.75) is 24.7 Å². The Hall–Kier alpha value is -1.35. The molecule has 1 aromatic carbocycles. The molecule has 3 rings (SSSR count). The third-order valence-electron chi connectivity index (χ3n) is 4.31. The van der Waals surface area contributed by atoms with Gasteiger partial charge in [0.1, 0.15) is 5.84 Å². The van der Waals surface area contributed by atoms with Gasteiger partial charge in [0.25, 0.3) is 0 Å². The molecule has 1 heterocycles. The molecule has 0 spiro atoms. The summed E-state index contributed by atoms with van der Waals surface area (Å²) in [6.45, 7) is 3.25. The number of amidine groups is 1. The van der Waals surface area contributed by atoms with E-state index in [-0.39, 0.29) is 5.41 Å². The summed E-state index contributed by atoms with van der Waals surface area (Å²) in [4.78, 5) is 2.20. The van der Waals surface area contributed by atoms with Crippen molar-refractivity contribution in [1.82, 2.24) is 4.90 Å². The number of benzene rings is 1. The first kappa shape index (κ1) is 11.7. The topological polar surface area (TPSA) is 36.3 Å². The Morgan fingerprint density at radius 1 is 1.11 bits per heavy atom. The van der Waals surface area contributed by atoms with Gasteiger partial charge in [-0.3, -0.25) is 5.41 Å². The maximum atomic E-state index is 8.60. The maximum absolute atomic E-state index is 8.60. The first-order valence-electron chi connectivity index (χ1n) is 6.80. The molecule has 1 saturated heterocycles. The Morgan fingerprint density at radius 2 is 1.78 bits per heavy atom. The van der Waals surface area contributed by atoms with E-state index >= 15 is 0 Å². The lowest BCUT2D eigenvalue weighted by atomic mass is 9.63. The van der Waals surface area contributed by atoms with Crippen LogP contribution >= 0.6 is 0 Å². The van der Waals surface area contributed by atoms with Crippen LogP contribution in [0.1, 0.15) is 24.8 Å². The normalized spacial score (nSPS) is 22.3. The van der Waals surface area contributed by atoms with Gasteiger partial charge in [0.05, 0.1) is 18.6 Å². The van der Waals surface area contributed by atoms with Crippen molar-refractivity contribution in [2.75, 3.05) is 26.3 Å². The molecule has 0 radical (unpaired) electrons. The molecule has 0 unspecified atom stereocenters. The monoisotopic (exact) mass is 244 g/mol. The lowest BCUT2D eigenvalue weighted by Gasteiger charge is -2.47. The molecular weight excluding hydrogens is 224 g/mol. The van der Waals surface area contributed by atoms with E-state index in [4.69, 9.17) is 10.1 Å². The third-order valence-corrected chi connectivity index (χ3v) is 4.31. The zero-order valence-electron chi connectivity index (χ0n) is 10.7. The van der Waals surface area contributed by atoms with E-state index in [2.05, 4.69) is 29.2 Å². The minimum Gasteiger partial charge on any atom is -0.378 e. The first-order chi connectivity index (χ1) is 8.83. The number of nitrogens with one attached hydrogen (secondary N) is 1. The van der Waals surface area contributed by atoms with Crippen molar-refractivity contribution < 1.29 is 4.74 Å². The molecule has 2 fully saturated rings. The summed E-state index contributed by atoms with van der Waals surface area (Å²) in [5.41, 5.74) is 1.30. The summed E-state index contributed by atoms with van der Waals surface area (Å²) in [5.74, 6) is 0.809. The van der Waals surface area contributed by atoms with Crippen molar-refractivity contribution in [2.24, 2.45) is 0 Å². The van der Waals surface area contributed by atoms with E-state index in [0.717, 1.165) is 45.0 Å². The van der Waals surface area contributed by atoms with Crippen molar-refractivity contribution in [3.8, 4) is 0 Å². The quantitative estimate of drug-likeness (QED) is 0.640. The van der Waals surface area contributed by atoms with Gasteiger partial charge in [0.15, 0.2) is 0 Å². The van der Waals surface area contributed by atoms with Gasteiger partial charge in [-0.05, 0) is 18.4 Å².